The van der Waals surface area contributed by atoms with Crippen LogP contribution in [0.2, 0.25) is 0 Å². The second kappa shape index (κ2) is 9.10. The molecule has 23 heavy (non-hydrogen) atoms. The third kappa shape index (κ3) is 5.53. The van der Waals surface area contributed by atoms with Gasteiger partial charge < -0.3 is 14.8 Å². The van der Waals surface area contributed by atoms with Crippen molar-refractivity contribution in [2.24, 2.45) is 0 Å². The van der Waals surface area contributed by atoms with E-state index in [0.717, 1.165) is 17.0 Å². The highest BCUT2D eigenvalue weighted by atomic mass is 32.2. The maximum atomic E-state index is 12.0. The van der Waals surface area contributed by atoms with Crippen LogP contribution in [0.3, 0.4) is 0 Å². The number of hydrogen-bond donors (Lipinski definition) is 1. The highest BCUT2D eigenvalue weighted by Gasteiger charge is 2.08. The number of nitrogens with one attached hydrogen (secondary N) is 1. The molecule has 4 nitrogen and oxygen atoms in total. The van der Waals surface area contributed by atoms with Gasteiger partial charge in [0.05, 0.1) is 6.61 Å². The Bertz CT molecular complexity index is 646. The van der Waals surface area contributed by atoms with Gasteiger partial charge in [-0.3, -0.25) is 4.79 Å². The molecule has 0 fully saturated rings. The van der Waals surface area contributed by atoms with E-state index < -0.39 is 0 Å². The zero-order chi connectivity index (χ0) is 16.5. The highest BCUT2D eigenvalue weighted by Crippen LogP contribution is 2.26. The number of ether oxygens (including phenoxy) is 2. The monoisotopic (exact) mass is 331 g/mol. The van der Waals surface area contributed by atoms with Gasteiger partial charge in [0.15, 0.2) is 18.1 Å². The molecule has 0 radical (unpaired) electrons. The summed E-state index contributed by atoms with van der Waals surface area (Å²) in [4.78, 5) is 13.1. The lowest BCUT2D eigenvalue weighted by atomic mass is 10.3. The molecular formula is C18H21NO3S. The molecule has 0 bridgehead atoms. The van der Waals surface area contributed by atoms with Gasteiger partial charge in [0.1, 0.15) is 0 Å². The molecule has 2 aromatic carbocycles. The largest absolute Gasteiger partial charge is 0.490 e. The quantitative estimate of drug-likeness (QED) is 0.736. The Morgan fingerprint density at radius 3 is 2.52 bits per heavy atom. The summed E-state index contributed by atoms with van der Waals surface area (Å²) < 4.78 is 11.2. The standard InChI is InChI=1S/C18H21NO3S/c1-3-11-21-16-9-4-5-10-17(16)22-13-18(20)19-14-7-6-8-15(12-14)23-2/h4-10,12H,3,11,13H2,1-2H3,(H,19,20). The van der Waals surface area contributed by atoms with E-state index in [9.17, 15) is 4.79 Å². The minimum Gasteiger partial charge on any atom is -0.490 e. The molecule has 0 heterocycles. The molecule has 0 saturated carbocycles. The van der Waals surface area contributed by atoms with E-state index in [1.54, 1.807) is 17.8 Å². The van der Waals surface area contributed by atoms with E-state index in [1.165, 1.54) is 0 Å². The third-order valence-corrected chi connectivity index (χ3v) is 3.75. The van der Waals surface area contributed by atoms with E-state index in [4.69, 9.17) is 9.47 Å². The molecule has 0 spiro atoms. The van der Waals surface area contributed by atoms with Gasteiger partial charge >= 0.3 is 0 Å². The molecule has 5 heteroatoms. The molecule has 0 aromatic heterocycles. The maximum absolute atomic E-state index is 12.0. The van der Waals surface area contributed by atoms with Crippen molar-refractivity contribution in [3.63, 3.8) is 0 Å². The lowest BCUT2D eigenvalue weighted by Gasteiger charge is -2.12. The summed E-state index contributed by atoms with van der Waals surface area (Å²) in [5.41, 5.74) is 0.765. The number of rotatable bonds is 8. The van der Waals surface area contributed by atoms with Crippen molar-refractivity contribution in [2.75, 3.05) is 24.8 Å². The normalized spacial score (nSPS) is 10.2. The maximum Gasteiger partial charge on any atom is 0.262 e. The first kappa shape index (κ1) is 17.2. The summed E-state index contributed by atoms with van der Waals surface area (Å²) in [7, 11) is 0. The van der Waals surface area contributed by atoms with Crippen LogP contribution in [0.25, 0.3) is 0 Å². The fourth-order valence-corrected chi connectivity index (χ4v) is 2.40. The summed E-state index contributed by atoms with van der Waals surface area (Å²) in [5, 5.41) is 2.83. The SMILES string of the molecule is CCCOc1ccccc1OCC(=O)Nc1cccc(SC)c1. The second-order valence-electron chi connectivity index (χ2n) is 4.86. The Hall–Kier alpha value is -2.14. The Balaban J connectivity index is 1.91. The van der Waals surface area contributed by atoms with Gasteiger partial charge in [-0.2, -0.15) is 0 Å². The average Bonchev–Trinajstić information content (AvgIpc) is 2.59. The molecule has 0 unspecified atom stereocenters. The van der Waals surface area contributed by atoms with E-state index >= 15 is 0 Å². The molecule has 2 aromatic rings. The Morgan fingerprint density at radius 2 is 1.83 bits per heavy atom. The number of thioether (sulfide) groups is 1. The van der Waals surface area contributed by atoms with Crippen molar-refractivity contribution in [3.8, 4) is 11.5 Å². The van der Waals surface area contributed by atoms with Crippen LogP contribution < -0.4 is 14.8 Å². The number of carbonyl (C=O) groups excluding carboxylic acids is 1. The van der Waals surface area contributed by atoms with Crippen LogP contribution >= 0.6 is 11.8 Å². The minimum absolute atomic E-state index is 0.0595. The third-order valence-electron chi connectivity index (χ3n) is 3.02. The lowest BCUT2D eigenvalue weighted by molar-refractivity contribution is -0.118. The average molecular weight is 331 g/mol. The van der Waals surface area contributed by atoms with Crippen molar-refractivity contribution in [2.45, 2.75) is 18.2 Å². The smallest absolute Gasteiger partial charge is 0.262 e. The number of para-hydroxylation sites is 2. The molecule has 0 aliphatic carbocycles. The highest BCUT2D eigenvalue weighted by molar-refractivity contribution is 7.98. The summed E-state index contributed by atoms with van der Waals surface area (Å²) in [6.45, 7) is 2.60. The topological polar surface area (TPSA) is 47.6 Å². The van der Waals surface area contributed by atoms with E-state index in [0.29, 0.717) is 18.1 Å². The zero-order valence-corrected chi connectivity index (χ0v) is 14.2. The summed E-state index contributed by atoms with van der Waals surface area (Å²) in [6, 6.07) is 15.1. The first-order valence-electron chi connectivity index (χ1n) is 7.51. The van der Waals surface area contributed by atoms with Gasteiger partial charge in [-0.15, -0.1) is 11.8 Å². The van der Waals surface area contributed by atoms with E-state index in [1.807, 2.05) is 55.6 Å². The number of benzene rings is 2. The first-order valence-corrected chi connectivity index (χ1v) is 8.74. The number of anilines is 1. The first-order chi connectivity index (χ1) is 11.2. The fourth-order valence-electron chi connectivity index (χ4n) is 1.94. The van der Waals surface area contributed by atoms with Crippen LogP contribution in [-0.2, 0) is 4.79 Å². The predicted octanol–water partition coefficient (Wildman–Crippen LogP) is 4.21. The van der Waals surface area contributed by atoms with Crippen molar-refractivity contribution < 1.29 is 14.3 Å². The van der Waals surface area contributed by atoms with Gasteiger partial charge in [0, 0.05) is 10.6 Å². The Kier molecular flexibility index (Phi) is 6.81. The number of hydrogen-bond acceptors (Lipinski definition) is 4. The molecule has 1 amide bonds. The van der Waals surface area contributed by atoms with Crippen LogP contribution in [0, 0.1) is 0 Å². The lowest BCUT2D eigenvalue weighted by Crippen LogP contribution is -2.20. The minimum atomic E-state index is -0.200. The zero-order valence-electron chi connectivity index (χ0n) is 13.4. The molecule has 0 saturated heterocycles. The van der Waals surface area contributed by atoms with E-state index in [-0.39, 0.29) is 12.5 Å². The van der Waals surface area contributed by atoms with Gasteiger partial charge in [-0.05, 0) is 43.0 Å². The van der Waals surface area contributed by atoms with Gasteiger partial charge in [0.2, 0.25) is 0 Å². The Labute approximate surface area is 141 Å². The number of amides is 1. The van der Waals surface area contributed by atoms with Crippen LogP contribution in [0.5, 0.6) is 11.5 Å². The van der Waals surface area contributed by atoms with Crippen molar-refractivity contribution in [1.82, 2.24) is 0 Å². The van der Waals surface area contributed by atoms with Crippen LogP contribution in [-0.4, -0.2) is 25.4 Å². The van der Waals surface area contributed by atoms with Crippen LogP contribution in [0.15, 0.2) is 53.4 Å². The summed E-state index contributed by atoms with van der Waals surface area (Å²) >= 11 is 1.63. The van der Waals surface area contributed by atoms with Crippen molar-refractivity contribution in [1.29, 1.82) is 0 Å². The molecule has 0 aliphatic rings. The van der Waals surface area contributed by atoms with E-state index in [2.05, 4.69) is 5.32 Å². The number of carbonyl (C=O) groups is 1. The molecule has 122 valence electrons. The Morgan fingerprint density at radius 1 is 1.09 bits per heavy atom. The predicted molar refractivity (Wildman–Crippen MR) is 94.6 cm³/mol. The van der Waals surface area contributed by atoms with Gasteiger partial charge in [-0.1, -0.05) is 25.1 Å². The molecule has 1 N–H and O–H groups in total. The van der Waals surface area contributed by atoms with Crippen molar-refractivity contribution >= 4 is 23.4 Å². The van der Waals surface area contributed by atoms with Crippen molar-refractivity contribution in [3.05, 3.63) is 48.5 Å². The molecule has 2 rings (SSSR count). The second-order valence-corrected chi connectivity index (χ2v) is 5.74. The molecule has 0 aliphatic heterocycles. The van der Waals surface area contributed by atoms with Crippen LogP contribution in [0.1, 0.15) is 13.3 Å². The molecular weight excluding hydrogens is 310 g/mol. The van der Waals surface area contributed by atoms with Gasteiger partial charge in [0.25, 0.3) is 5.91 Å². The summed E-state index contributed by atoms with van der Waals surface area (Å²) in [5.74, 6) is 1.04. The molecule has 0 atom stereocenters. The van der Waals surface area contributed by atoms with Crippen LogP contribution in [0.4, 0.5) is 5.69 Å². The van der Waals surface area contributed by atoms with Gasteiger partial charge in [-0.25, -0.2) is 0 Å². The summed E-state index contributed by atoms with van der Waals surface area (Å²) in [6.07, 6.45) is 2.91. The fraction of sp³-hybridized carbons (Fsp3) is 0.278.